The first-order chi connectivity index (χ1) is 15.2. The van der Waals surface area contributed by atoms with Crippen molar-refractivity contribution in [1.29, 1.82) is 0 Å². The fourth-order valence-corrected chi connectivity index (χ4v) is 7.24. The Hall–Kier alpha value is -1.41. The second-order valence-electron chi connectivity index (χ2n) is 11.2. The van der Waals surface area contributed by atoms with Crippen molar-refractivity contribution in [2.75, 3.05) is 32.7 Å². The lowest BCUT2D eigenvalue weighted by Crippen LogP contribution is -2.81. The molecule has 3 unspecified atom stereocenters. The molecule has 178 valence electrons. The number of alkyl halides is 2. The molecule has 2 saturated carbocycles. The molecule has 2 spiro atoms. The fraction of sp³-hybridized carbons (Fsp3) is 0.870. The summed E-state index contributed by atoms with van der Waals surface area (Å²) in [7, 11) is 0. The molecule has 5 aliphatic rings. The lowest BCUT2D eigenvalue weighted by atomic mass is 9.52. The third-order valence-corrected chi connectivity index (χ3v) is 8.96. The summed E-state index contributed by atoms with van der Waals surface area (Å²) in [5, 5.41) is 2.75. The van der Waals surface area contributed by atoms with E-state index in [1.807, 2.05) is 4.90 Å². The van der Waals surface area contributed by atoms with Crippen molar-refractivity contribution < 1.29 is 18.8 Å². The van der Waals surface area contributed by atoms with Gasteiger partial charge >= 0.3 is 0 Å². The molecule has 5 rings (SSSR count). The molecular formula is C23H34ClFN4O3. The van der Waals surface area contributed by atoms with Crippen LogP contribution in [0.2, 0.25) is 0 Å². The Morgan fingerprint density at radius 3 is 2.50 bits per heavy atom. The van der Waals surface area contributed by atoms with Gasteiger partial charge in [-0.1, -0.05) is 19.8 Å². The molecule has 2 aliphatic carbocycles. The molecular weight excluding hydrogens is 435 g/mol. The minimum absolute atomic E-state index is 0.0772. The number of piperidine rings is 1. The monoisotopic (exact) mass is 468 g/mol. The molecule has 32 heavy (non-hydrogen) atoms. The van der Waals surface area contributed by atoms with Gasteiger partial charge in [-0.2, -0.15) is 0 Å². The molecule has 3 heterocycles. The molecule has 1 N–H and O–H groups in total. The van der Waals surface area contributed by atoms with Crippen LogP contribution in [0.4, 0.5) is 4.39 Å². The molecule has 3 amide bonds. The van der Waals surface area contributed by atoms with Crippen LogP contribution in [0.25, 0.3) is 0 Å². The van der Waals surface area contributed by atoms with E-state index in [0.29, 0.717) is 44.9 Å². The predicted molar refractivity (Wildman–Crippen MR) is 118 cm³/mol. The lowest BCUT2D eigenvalue weighted by molar-refractivity contribution is -0.205. The molecule has 0 aromatic carbocycles. The molecule has 5 fully saturated rings. The summed E-state index contributed by atoms with van der Waals surface area (Å²) in [6.45, 7) is 4.49. The molecule has 3 aliphatic heterocycles. The van der Waals surface area contributed by atoms with Gasteiger partial charge in [0.05, 0.1) is 0 Å². The summed E-state index contributed by atoms with van der Waals surface area (Å²) >= 11 is 6.09. The summed E-state index contributed by atoms with van der Waals surface area (Å²) < 4.78 is 14.9. The van der Waals surface area contributed by atoms with Crippen molar-refractivity contribution in [2.45, 2.75) is 75.1 Å². The zero-order valence-electron chi connectivity index (χ0n) is 18.8. The molecule has 0 radical (unpaired) electrons. The number of amides is 3. The van der Waals surface area contributed by atoms with E-state index in [9.17, 15) is 18.8 Å². The topological polar surface area (TPSA) is 73.0 Å². The number of piperazine rings is 1. The highest BCUT2D eigenvalue weighted by Gasteiger charge is 2.69. The van der Waals surface area contributed by atoms with Crippen molar-refractivity contribution >= 4 is 29.8 Å². The third-order valence-electron chi connectivity index (χ3n) is 8.63. The van der Waals surface area contributed by atoms with Crippen LogP contribution in [0.5, 0.6) is 0 Å². The van der Waals surface area contributed by atoms with Crippen LogP contribution >= 0.6 is 11.6 Å². The molecule has 9 heteroatoms. The molecule has 3 atom stereocenters. The zero-order valence-corrected chi connectivity index (χ0v) is 19.5. The normalized spacial score (nSPS) is 38.6. The van der Waals surface area contributed by atoms with Gasteiger partial charge in [-0.25, -0.2) is 4.39 Å². The number of rotatable bonds is 4. The van der Waals surface area contributed by atoms with E-state index >= 15 is 0 Å². The minimum Gasteiger partial charge on any atom is -0.344 e. The van der Waals surface area contributed by atoms with Crippen LogP contribution in [0, 0.1) is 17.3 Å². The van der Waals surface area contributed by atoms with Gasteiger partial charge in [0, 0.05) is 37.0 Å². The molecule has 3 saturated heterocycles. The Morgan fingerprint density at radius 1 is 1.19 bits per heavy atom. The molecule has 7 nitrogen and oxygen atoms in total. The van der Waals surface area contributed by atoms with E-state index in [1.165, 1.54) is 4.90 Å². The SMILES string of the molecule is CC1CCC(CN2C(=O)CN(C3NCC(Cl)CC3F)C(=O)C23CC2(CN(C=O)C2)C3)CC1. The van der Waals surface area contributed by atoms with Crippen LogP contribution in [0.1, 0.15) is 51.9 Å². The van der Waals surface area contributed by atoms with E-state index in [4.69, 9.17) is 11.6 Å². The minimum atomic E-state index is -1.30. The Labute approximate surface area is 194 Å². The molecule has 0 bridgehead atoms. The summed E-state index contributed by atoms with van der Waals surface area (Å²) in [5.74, 6) is 0.918. The Kier molecular flexibility index (Phi) is 5.68. The van der Waals surface area contributed by atoms with Gasteiger partial charge in [0.1, 0.15) is 24.4 Å². The van der Waals surface area contributed by atoms with Crippen LogP contribution in [-0.4, -0.2) is 88.9 Å². The predicted octanol–water partition coefficient (Wildman–Crippen LogP) is 1.74. The summed E-state index contributed by atoms with van der Waals surface area (Å²) in [5.41, 5.74) is -0.984. The van der Waals surface area contributed by atoms with Gasteiger partial charge in [0.15, 0.2) is 0 Å². The number of carbonyl (C=O) groups excluding carboxylic acids is 3. The van der Waals surface area contributed by atoms with Crippen LogP contribution < -0.4 is 5.32 Å². The maximum Gasteiger partial charge on any atom is 0.250 e. The highest BCUT2D eigenvalue weighted by molar-refractivity contribution is 6.20. The number of carbonyl (C=O) groups is 3. The van der Waals surface area contributed by atoms with Gasteiger partial charge in [-0.05, 0) is 43.9 Å². The maximum atomic E-state index is 14.9. The van der Waals surface area contributed by atoms with Crippen LogP contribution in [0.15, 0.2) is 0 Å². The first-order valence-electron chi connectivity index (χ1n) is 12.1. The number of nitrogens with one attached hydrogen (secondary N) is 1. The van der Waals surface area contributed by atoms with E-state index in [-0.39, 0.29) is 35.6 Å². The summed E-state index contributed by atoms with van der Waals surface area (Å²) in [4.78, 5) is 43.4. The van der Waals surface area contributed by atoms with Crippen molar-refractivity contribution in [3.05, 3.63) is 0 Å². The number of hydrogen-bond acceptors (Lipinski definition) is 4. The van der Waals surface area contributed by atoms with Gasteiger partial charge in [0.25, 0.3) is 0 Å². The second-order valence-corrected chi connectivity index (χ2v) is 11.8. The smallest absolute Gasteiger partial charge is 0.250 e. The van der Waals surface area contributed by atoms with Crippen molar-refractivity contribution in [2.24, 2.45) is 17.3 Å². The molecule has 0 aromatic heterocycles. The van der Waals surface area contributed by atoms with Crippen molar-refractivity contribution in [3.8, 4) is 0 Å². The number of nitrogens with zero attached hydrogens (tertiary/aromatic N) is 3. The quantitative estimate of drug-likeness (QED) is 0.504. The van der Waals surface area contributed by atoms with Gasteiger partial charge < -0.3 is 14.7 Å². The van der Waals surface area contributed by atoms with E-state index in [0.717, 1.165) is 38.0 Å². The fourth-order valence-electron chi connectivity index (χ4n) is 6.98. The third kappa shape index (κ3) is 3.61. The van der Waals surface area contributed by atoms with Crippen molar-refractivity contribution in [1.82, 2.24) is 20.0 Å². The number of likely N-dealkylation sites (tertiary alicyclic amines) is 1. The summed E-state index contributed by atoms with van der Waals surface area (Å²) in [6, 6.07) is 0. The highest BCUT2D eigenvalue weighted by atomic mass is 35.5. The molecule has 0 aromatic rings. The number of hydrogen-bond donors (Lipinski definition) is 1. The Morgan fingerprint density at radius 2 is 1.88 bits per heavy atom. The van der Waals surface area contributed by atoms with Crippen LogP contribution in [0.3, 0.4) is 0 Å². The Balaban J connectivity index is 1.37. The standard InChI is InChI=1S/C23H34ClFN4O3/c1-15-2-4-16(5-3-15)8-29-19(31)9-28(20-18(25)6-17(24)7-26-20)21(32)23(29)10-22(11-23)12-27(13-22)14-30/h14-18,20,26H,2-13H2,1H3. The average molecular weight is 469 g/mol. The average Bonchev–Trinajstić information content (AvgIpc) is 2.70. The van der Waals surface area contributed by atoms with Gasteiger partial charge in [-0.3, -0.25) is 19.7 Å². The van der Waals surface area contributed by atoms with Crippen LogP contribution in [-0.2, 0) is 14.4 Å². The second kappa shape index (κ2) is 8.12. The maximum absolute atomic E-state index is 14.9. The Bertz CT molecular complexity index is 775. The highest BCUT2D eigenvalue weighted by Crippen LogP contribution is 2.58. The van der Waals surface area contributed by atoms with Gasteiger partial charge in [-0.15, -0.1) is 11.6 Å². The van der Waals surface area contributed by atoms with E-state index < -0.39 is 17.9 Å². The first-order valence-corrected chi connectivity index (χ1v) is 12.5. The summed E-state index contributed by atoms with van der Waals surface area (Å²) in [6.07, 6.45) is 4.53. The van der Waals surface area contributed by atoms with E-state index in [2.05, 4.69) is 12.2 Å². The van der Waals surface area contributed by atoms with Crippen molar-refractivity contribution in [3.63, 3.8) is 0 Å². The number of halogens is 2. The lowest BCUT2D eigenvalue weighted by Gasteiger charge is -2.67. The largest absolute Gasteiger partial charge is 0.344 e. The first kappa shape index (κ1) is 22.4. The zero-order chi connectivity index (χ0) is 22.7. The van der Waals surface area contributed by atoms with E-state index in [1.54, 1.807) is 4.90 Å². The van der Waals surface area contributed by atoms with Gasteiger partial charge in [0.2, 0.25) is 18.2 Å².